The summed E-state index contributed by atoms with van der Waals surface area (Å²) in [5.41, 5.74) is 3.59. The zero-order chi connectivity index (χ0) is 15.0. The van der Waals surface area contributed by atoms with Crippen molar-refractivity contribution in [2.75, 3.05) is 18.0 Å². The van der Waals surface area contributed by atoms with E-state index in [2.05, 4.69) is 43.9 Å². The fourth-order valence-electron chi connectivity index (χ4n) is 1.98. The van der Waals surface area contributed by atoms with Crippen molar-refractivity contribution < 1.29 is 0 Å². The Bertz CT molecular complexity index is 578. The lowest BCUT2D eigenvalue weighted by atomic mass is 10.1. The summed E-state index contributed by atoms with van der Waals surface area (Å²) in [6.45, 7) is 8.32. The van der Waals surface area contributed by atoms with Gasteiger partial charge in [-0.15, -0.1) is 0 Å². The lowest BCUT2D eigenvalue weighted by Gasteiger charge is -2.21. The molecular formula is C17H19N3. The van der Waals surface area contributed by atoms with Gasteiger partial charge in [0.2, 0.25) is 0 Å². The van der Waals surface area contributed by atoms with Gasteiger partial charge in [0.25, 0.3) is 0 Å². The Morgan fingerprint density at radius 2 is 1.85 bits per heavy atom. The number of benzene rings is 1. The molecule has 0 heterocycles. The minimum atomic E-state index is 0.110. The van der Waals surface area contributed by atoms with Gasteiger partial charge in [-0.2, -0.15) is 10.5 Å². The van der Waals surface area contributed by atoms with Crippen molar-refractivity contribution in [3.63, 3.8) is 0 Å². The molecule has 3 heteroatoms. The van der Waals surface area contributed by atoms with Crippen LogP contribution in [0.3, 0.4) is 0 Å². The van der Waals surface area contributed by atoms with Crippen molar-refractivity contribution in [3.05, 3.63) is 47.1 Å². The highest BCUT2D eigenvalue weighted by atomic mass is 15.1. The summed E-state index contributed by atoms with van der Waals surface area (Å²) < 4.78 is 0. The molecule has 0 aromatic heterocycles. The highest BCUT2D eigenvalue weighted by molar-refractivity contribution is 5.61. The first-order chi connectivity index (χ1) is 9.65. The quantitative estimate of drug-likeness (QED) is 0.600. The van der Waals surface area contributed by atoms with E-state index in [9.17, 15) is 0 Å². The summed E-state index contributed by atoms with van der Waals surface area (Å²) in [4.78, 5) is 2.30. The predicted octanol–water partition coefficient (Wildman–Crippen LogP) is 3.83. The molecular weight excluding hydrogens is 246 g/mol. The molecule has 0 atom stereocenters. The van der Waals surface area contributed by atoms with Crippen molar-refractivity contribution in [3.8, 4) is 12.1 Å². The van der Waals surface area contributed by atoms with Crippen molar-refractivity contribution in [1.29, 1.82) is 10.5 Å². The first kappa shape index (κ1) is 15.5. The maximum atomic E-state index is 8.65. The molecule has 0 amide bonds. The maximum Gasteiger partial charge on any atom is 0.129 e. The summed E-state index contributed by atoms with van der Waals surface area (Å²) in [6, 6.07) is 9.98. The number of hydrogen-bond acceptors (Lipinski definition) is 3. The van der Waals surface area contributed by atoms with E-state index < -0.39 is 0 Å². The Balaban J connectivity index is 2.95. The topological polar surface area (TPSA) is 50.8 Å². The molecule has 0 spiro atoms. The molecule has 0 saturated carbocycles. The lowest BCUT2D eigenvalue weighted by molar-refractivity contribution is 0.865. The number of rotatable bonds is 5. The van der Waals surface area contributed by atoms with Gasteiger partial charge in [0, 0.05) is 18.8 Å². The van der Waals surface area contributed by atoms with Crippen LogP contribution < -0.4 is 4.90 Å². The number of anilines is 1. The van der Waals surface area contributed by atoms with Gasteiger partial charge in [-0.3, -0.25) is 0 Å². The number of aryl methyl sites for hydroxylation is 1. The van der Waals surface area contributed by atoms with E-state index in [4.69, 9.17) is 10.5 Å². The molecule has 1 rings (SSSR count). The molecule has 20 heavy (non-hydrogen) atoms. The zero-order valence-electron chi connectivity index (χ0n) is 12.2. The Kier molecular flexibility index (Phi) is 6.07. The third-order valence-electron chi connectivity index (χ3n) is 3.16. The summed E-state index contributed by atoms with van der Waals surface area (Å²) in [6.07, 6.45) is 5.18. The van der Waals surface area contributed by atoms with E-state index in [0.717, 1.165) is 18.7 Å². The molecule has 1 aromatic carbocycles. The number of nitrogens with zero attached hydrogens (tertiary/aromatic N) is 3. The molecule has 0 aliphatic rings. The van der Waals surface area contributed by atoms with Crippen LogP contribution in [-0.4, -0.2) is 13.1 Å². The average molecular weight is 265 g/mol. The highest BCUT2D eigenvalue weighted by Crippen LogP contribution is 2.20. The molecule has 0 unspecified atom stereocenters. The monoisotopic (exact) mass is 265 g/mol. The van der Waals surface area contributed by atoms with Gasteiger partial charge >= 0.3 is 0 Å². The van der Waals surface area contributed by atoms with Gasteiger partial charge in [-0.25, -0.2) is 0 Å². The molecule has 3 nitrogen and oxygen atoms in total. The number of allylic oxidation sites excluding steroid dienone is 3. The second-order valence-electron chi connectivity index (χ2n) is 4.38. The highest BCUT2D eigenvalue weighted by Gasteiger charge is 2.03. The lowest BCUT2D eigenvalue weighted by Crippen LogP contribution is -2.21. The molecule has 102 valence electrons. The standard InChI is InChI=1S/C17H19N3/c1-4-20(5-2)17-10-9-16(14(3)11-17)8-6-7-15(12-18)13-19/h6-11H,4-5H2,1-3H3. The molecule has 0 aliphatic heterocycles. The van der Waals surface area contributed by atoms with E-state index in [1.54, 1.807) is 6.08 Å². The number of nitriles is 2. The predicted molar refractivity (Wildman–Crippen MR) is 83.1 cm³/mol. The fourth-order valence-corrected chi connectivity index (χ4v) is 1.98. The normalized spacial score (nSPS) is 9.85. The SMILES string of the molecule is CCN(CC)c1ccc(C=CC=C(C#N)C#N)c(C)c1. The summed E-state index contributed by atoms with van der Waals surface area (Å²) in [7, 11) is 0. The van der Waals surface area contributed by atoms with Crippen LogP contribution in [0.2, 0.25) is 0 Å². The van der Waals surface area contributed by atoms with Crippen molar-refractivity contribution in [1.82, 2.24) is 0 Å². The molecule has 0 bridgehead atoms. The van der Waals surface area contributed by atoms with E-state index in [-0.39, 0.29) is 5.57 Å². The fraction of sp³-hybridized carbons (Fsp3) is 0.294. The van der Waals surface area contributed by atoms with Crippen LogP contribution >= 0.6 is 0 Å². The largest absolute Gasteiger partial charge is 0.372 e. The van der Waals surface area contributed by atoms with E-state index in [0.29, 0.717) is 0 Å². The second kappa shape index (κ2) is 7.81. The smallest absolute Gasteiger partial charge is 0.129 e. The van der Waals surface area contributed by atoms with Gasteiger partial charge in [0.15, 0.2) is 0 Å². The first-order valence-corrected chi connectivity index (χ1v) is 6.70. The van der Waals surface area contributed by atoms with Crippen LogP contribution in [0, 0.1) is 29.6 Å². The minimum Gasteiger partial charge on any atom is -0.372 e. The van der Waals surface area contributed by atoms with Gasteiger partial charge in [-0.1, -0.05) is 18.2 Å². The summed E-state index contributed by atoms with van der Waals surface area (Å²) >= 11 is 0. The molecule has 0 N–H and O–H groups in total. The molecule has 0 fully saturated rings. The van der Waals surface area contributed by atoms with Crippen LogP contribution in [0.15, 0.2) is 35.9 Å². The number of hydrogen-bond donors (Lipinski definition) is 0. The molecule has 0 saturated heterocycles. The average Bonchev–Trinajstić information content (AvgIpc) is 2.47. The van der Waals surface area contributed by atoms with E-state index in [1.165, 1.54) is 17.3 Å². The Morgan fingerprint density at radius 3 is 2.35 bits per heavy atom. The van der Waals surface area contributed by atoms with E-state index >= 15 is 0 Å². The van der Waals surface area contributed by atoms with Crippen LogP contribution in [-0.2, 0) is 0 Å². The minimum absolute atomic E-state index is 0.110. The van der Waals surface area contributed by atoms with E-state index in [1.807, 2.05) is 18.2 Å². The van der Waals surface area contributed by atoms with Crippen molar-refractivity contribution in [2.45, 2.75) is 20.8 Å². The van der Waals surface area contributed by atoms with Crippen LogP contribution in [0.1, 0.15) is 25.0 Å². The molecule has 0 aliphatic carbocycles. The maximum absolute atomic E-state index is 8.65. The van der Waals surface area contributed by atoms with Gasteiger partial charge < -0.3 is 4.90 Å². The van der Waals surface area contributed by atoms with Crippen LogP contribution in [0.25, 0.3) is 6.08 Å². The summed E-state index contributed by atoms with van der Waals surface area (Å²) in [5.74, 6) is 0. The summed E-state index contributed by atoms with van der Waals surface area (Å²) in [5, 5.41) is 17.3. The Morgan fingerprint density at radius 1 is 1.20 bits per heavy atom. The third kappa shape index (κ3) is 4.00. The molecule has 0 radical (unpaired) electrons. The van der Waals surface area contributed by atoms with Gasteiger partial charge in [-0.05, 0) is 50.1 Å². The first-order valence-electron chi connectivity index (χ1n) is 6.70. The van der Waals surface area contributed by atoms with Gasteiger partial charge in [0.05, 0.1) is 0 Å². The second-order valence-corrected chi connectivity index (χ2v) is 4.38. The third-order valence-corrected chi connectivity index (χ3v) is 3.16. The van der Waals surface area contributed by atoms with Crippen molar-refractivity contribution in [2.24, 2.45) is 0 Å². The van der Waals surface area contributed by atoms with Crippen molar-refractivity contribution >= 4 is 11.8 Å². The van der Waals surface area contributed by atoms with Crippen LogP contribution in [0.5, 0.6) is 0 Å². The van der Waals surface area contributed by atoms with Crippen LogP contribution in [0.4, 0.5) is 5.69 Å². The van der Waals surface area contributed by atoms with Gasteiger partial charge in [0.1, 0.15) is 17.7 Å². The zero-order valence-corrected chi connectivity index (χ0v) is 12.2. The Labute approximate surface area is 121 Å². The molecule has 1 aromatic rings. The Hall–Kier alpha value is -2.52.